The number of aryl methyl sites for hydroxylation is 2. The molecule has 1 N–H and O–H groups in total. The molecular formula is C17H30N4O. The number of rotatable bonds is 7. The van der Waals surface area contributed by atoms with Crippen molar-refractivity contribution in [3.05, 3.63) is 17.6 Å². The molecule has 2 rings (SSSR count). The highest BCUT2D eigenvalue weighted by atomic mass is 16.5. The Labute approximate surface area is 134 Å². The maximum absolute atomic E-state index is 5.42. The largest absolute Gasteiger partial charge is 0.382 e. The predicted octanol–water partition coefficient (Wildman–Crippen LogP) is 2.64. The van der Waals surface area contributed by atoms with E-state index in [9.17, 15) is 0 Å². The molecule has 1 aromatic heterocycles. The molecule has 0 radical (unpaired) electrons. The fourth-order valence-corrected chi connectivity index (χ4v) is 3.16. The Morgan fingerprint density at radius 3 is 2.86 bits per heavy atom. The number of nitrogens with zero attached hydrogens (tertiary/aromatic N) is 3. The van der Waals surface area contributed by atoms with E-state index in [1.54, 1.807) is 0 Å². The lowest BCUT2D eigenvalue weighted by atomic mass is 9.93. The summed E-state index contributed by atoms with van der Waals surface area (Å²) in [5.41, 5.74) is 1.02. The van der Waals surface area contributed by atoms with Gasteiger partial charge in [0, 0.05) is 50.7 Å². The molecule has 1 aliphatic heterocycles. The molecule has 0 saturated carbocycles. The van der Waals surface area contributed by atoms with Gasteiger partial charge in [0.05, 0.1) is 0 Å². The van der Waals surface area contributed by atoms with Gasteiger partial charge >= 0.3 is 0 Å². The minimum Gasteiger partial charge on any atom is -0.382 e. The van der Waals surface area contributed by atoms with Crippen LogP contribution in [0.1, 0.15) is 38.2 Å². The highest BCUT2D eigenvalue weighted by molar-refractivity contribution is 5.37. The van der Waals surface area contributed by atoms with Gasteiger partial charge < -0.3 is 15.0 Å². The van der Waals surface area contributed by atoms with Crippen molar-refractivity contribution in [1.82, 2.24) is 14.9 Å². The van der Waals surface area contributed by atoms with Crippen LogP contribution in [-0.2, 0) is 4.74 Å². The van der Waals surface area contributed by atoms with Crippen molar-refractivity contribution in [2.75, 3.05) is 38.2 Å². The van der Waals surface area contributed by atoms with Crippen molar-refractivity contribution in [2.24, 2.45) is 5.92 Å². The Morgan fingerprint density at radius 2 is 2.18 bits per heavy atom. The molecule has 0 aromatic carbocycles. The molecule has 0 bridgehead atoms. The van der Waals surface area contributed by atoms with Crippen LogP contribution in [0.4, 0.5) is 5.82 Å². The number of likely N-dealkylation sites (tertiary alicyclic amines) is 1. The van der Waals surface area contributed by atoms with Crippen LogP contribution in [-0.4, -0.2) is 53.8 Å². The summed E-state index contributed by atoms with van der Waals surface area (Å²) >= 11 is 0. The number of hydrogen-bond acceptors (Lipinski definition) is 5. The highest BCUT2D eigenvalue weighted by Gasteiger charge is 2.26. The van der Waals surface area contributed by atoms with Crippen molar-refractivity contribution in [3.8, 4) is 0 Å². The van der Waals surface area contributed by atoms with Gasteiger partial charge in [-0.15, -0.1) is 0 Å². The zero-order chi connectivity index (χ0) is 15.9. The first-order valence-corrected chi connectivity index (χ1v) is 8.47. The zero-order valence-corrected chi connectivity index (χ0v) is 14.4. The van der Waals surface area contributed by atoms with Gasteiger partial charge in [0.2, 0.25) is 0 Å². The van der Waals surface area contributed by atoms with Gasteiger partial charge in [0.15, 0.2) is 0 Å². The van der Waals surface area contributed by atoms with Crippen LogP contribution in [0, 0.1) is 19.8 Å². The van der Waals surface area contributed by atoms with E-state index in [0.29, 0.717) is 12.0 Å². The number of ether oxygens (including phenoxy) is 1. The average molecular weight is 306 g/mol. The molecule has 0 aliphatic carbocycles. The summed E-state index contributed by atoms with van der Waals surface area (Å²) in [4.78, 5) is 11.4. The molecule has 1 fully saturated rings. The van der Waals surface area contributed by atoms with Crippen LogP contribution in [0.25, 0.3) is 0 Å². The van der Waals surface area contributed by atoms with Crippen molar-refractivity contribution in [1.29, 1.82) is 0 Å². The lowest BCUT2D eigenvalue weighted by Crippen LogP contribution is -2.45. The van der Waals surface area contributed by atoms with E-state index >= 15 is 0 Å². The predicted molar refractivity (Wildman–Crippen MR) is 90.2 cm³/mol. The van der Waals surface area contributed by atoms with E-state index in [0.717, 1.165) is 63.0 Å². The Morgan fingerprint density at radius 1 is 1.36 bits per heavy atom. The molecular weight excluding hydrogens is 276 g/mol. The standard InChI is InChI=1S/C17H30N4O/c1-5-22-10-6-8-21-9-7-16(13(2)12-21)20-17-11-14(3)18-15(4)19-17/h11,13,16H,5-10,12H2,1-4H3,(H,18,19,20). The topological polar surface area (TPSA) is 50.3 Å². The molecule has 1 aromatic rings. The van der Waals surface area contributed by atoms with E-state index in [1.807, 2.05) is 19.9 Å². The van der Waals surface area contributed by atoms with Crippen LogP contribution in [0.15, 0.2) is 6.07 Å². The van der Waals surface area contributed by atoms with Crippen molar-refractivity contribution in [3.63, 3.8) is 0 Å². The number of aromatic nitrogens is 2. The Balaban J connectivity index is 1.80. The first-order chi connectivity index (χ1) is 10.6. The van der Waals surface area contributed by atoms with Crippen LogP contribution in [0.3, 0.4) is 0 Å². The third kappa shape index (κ3) is 5.21. The fraction of sp³-hybridized carbons (Fsp3) is 0.765. The van der Waals surface area contributed by atoms with E-state index in [1.165, 1.54) is 0 Å². The lowest BCUT2D eigenvalue weighted by molar-refractivity contribution is 0.117. The second-order valence-electron chi connectivity index (χ2n) is 6.31. The van der Waals surface area contributed by atoms with Gasteiger partial charge in [0.1, 0.15) is 11.6 Å². The summed E-state index contributed by atoms with van der Waals surface area (Å²) in [5.74, 6) is 2.42. The summed E-state index contributed by atoms with van der Waals surface area (Å²) in [6, 6.07) is 2.53. The fourth-order valence-electron chi connectivity index (χ4n) is 3.16. The van der Waals surface area contributed by atoms with Gasteiger partial charge in [0.25, 0.3) is 0 Å². The average Bonchev–Trinajstić information content (AvgIpc) is 2.45. The second-order valence-corrected chi connectivity index (χ2v) is 6.31. The van der Waals surface area contributed by atoms with Gasteiger partial charge in [-0.1, -0.05) is 6.92 Å². The monoisotopic (exact) mass is 306 g/mol. The van der Waals surface area contributed by atoms with Crippen LogP contribution in [0.5, 0.6) is 0 Å². The molecule has 2 heterocycles. The van der Waals surface area contributed by atoms with Gasteiger partial charge in [-0.25, -0.2) is 9.97 Å². The maximum atomic E-state index is 5.42. The third-order valence-electron chi connectivity index (χ3n) is 4.26. The zero-order valence-electron chi connectivity index (χ0n) is 14.4. The van der Waals surface area contributed by atoms with Gasteiger partial charge in [-0.05, 0) is 39.5 Å². The Kier molecular flexibility index (Phi) is 6.58. The molecule has 0 spiro atoms. The lowest BCUT2D eigenvalue weighted by Gasteiger charge is -2.37. The first kappa shape index (κ1) is 17.2. The quantitative estimate of drug-likeness (QED) is 0.785. The molecule has 2 atom stereocenters. The van der Waals surface area contributed by atoms with Gasteiger partial charge in [-0.3, -0.25) is 0 Å². The van der Waals surface area contributed by atoms with Crippen molar-refractivity contribution in [2.45, 2.75) is 46.6 Å². The first-order valence-electron chi connectivity index (χ1n) is 8.47. The Hall–Kier alpha value is -1.20. The van der Waals surface area contributed by atoms with Crippen LogP contribution < -0.4 is 5.32 Å². The van der Waals surface area contributed by atoms with Crippen molar-refractivity contribution >= 4 is 5.82 Å². The van der Waals surface area contributed by atoms with E-state index in [2.05, 4.69) is 34.0 Å². The normalized spacial score (nSPS) is 22.7. The maximum Gasteiger partial charge on any atom is 0.130 e. The van der Waals surface area contributed by atoms with Crippen molar-refractivity contribution < 1.29 is 4.74 Å². The minimum absolute atomic E-state index is 0.497. The van der Waals surface area contributed by atoms with E-state index in [-0.39, 0.29) is 0 Å². The summed E-state index contributed by atoms with van der Waals surface area (Å²) in [6.07, 6.45) is 2.29. The van der Waals surface area contributed by atoms with Crippen LogP contribution in [0.2, 0.25) is 0 Å². The SMILES string of the molecule is CCOCCCN1CCC(Nc2cc(C)nc(C)n2)C(C)C1. The smallest absolute Gasteiger partial charge is 0.130 e. The summed E-state index contributed by atoms with van der Waals surface area (Å²) in [6.45, 7) is 13.5. The van der Waals surface area contributed by atoms with Crippen LogP contribution >= 0.6 is 0 Å². The molecule has 1 aliphatic rings. The molecule has 2 unspecified atom stereocenters. The summed E-state index contributed by atoms with van der Waals surface area (Å²) in [5, 5.41) is 3.61. The molecule has 22 heavy (non-hydrogen) atoms. The number of piperidine rings is 1. The molecule has 5 nitrogen and oxygen atoms in total. The van der Waals surface area contributed by atoms with E-state index in [4.69, 9.17) is 4.74 Å². The minimum atomic E-state index is 0.497. The molecule has 1 saturated heterocycles. The molecule has 0 amide bonds. The third-order valence-corrected chi connectivity index (χ3v) is 4.26. The summed E-state index contributed by atoms with van der Waals surface area (Å²) < 4.78 is 5.42. The number of hydrogen-bond donors (Lipinski definition) is 1. The van der Waals surface area contributed by atoms with Gasteiger partial charge in [-0.2, -0.15) is 0 Å². The number of anilines is 1. The van der Waals surface area contributed by atoms with E-state index < -0.39 is 0 Å². The summed E-state index contributed by atoms with van der Waals surface area (Å²) in [7, 11) is 0. The molecule has 5 heteroatoms. The highest BCUT2D eigenvalue weighted by Crippen LogP contribution is 2.21. The number of nitrogens with one attached hydrogen (secondary N) is 1. The molecule has 124 valence electrons. The Bertz CT molecular complexity index is 446. The second kappa shape index (κ2) is 8.44.